The molecule has 19 heavy (non-hydrogen) atoms. The van der Waals surface area contributed by atoms with Crippen molar-refractivity contribution in [3.8, 4) is 0 Å². The molecule has 0 bridgehead atoms. The molecule has 2 N–H and O–H groups in total. The van der Waals surface area contributed by atoms with Crippen LogP contribution < -0.4 is 5.32 Å². The van der Waals surface area contributed by atoms with Crippen molar-refractivity contribution in [3.05, 3.63) is 28.5 Å². The molecule has 2 rings (SSSR count). The zero-order valence-electron chi connectivity index (χ0n) is 10.0. The minimum atomic E-state index is -4.53. The lowest BCUT2D eigenvalue weighted by Gasteiger charge is -2.27. The number of alkyl halides is 3. The standard InChI is InChI=1S/C12H14ClF3N2O/c13-11-8(3-4-9(18-11)12(14,15)16)10(19)7-2-1-5-17-6-7/h3-4,7,10,17,19H,1-2,5-6H2. The van der Waals surface area contributed by atoms with Gasteiger partial charge in [-0.05, 0) is 25.5 Å². The molecule has 2 unspecified atom stereocenters. The van der Waals surface area contributed by atoms with Gasteiger partial charge in [0.25, 0.3) is 0 Å². The molecule has 0 radical (unpaired) electrons. The van der Waals surface area contributed by atoms with Crippen molar-refractivity contribution < 1.29 is 18.3 Å². The number of pyridine rings is 1. The summed E-state index contributed by atoms with van der Waals surface area (Å²) in [6.45, 7) is 1.51. The number of piperidine rings is 1. The van der Waals surface area contributed by atoms with Crippen LogP contribution in [0.2, 0.25) is 5.15 Å². The van der Waals surface area contributed by atoms with E-state index in [0.29, 0.717) is 6.54 Å². The van der Waals surface area contributed by atoms with Gasteiger partial charge in [0.05, 0.1) is 6.10 Å². The van der Waals surface area contributed by atoms with Crippen molar-refractivity contribution in [2.75, 3.05) is 13.1 Å². The summed E-state index contributed by atoms with van der Waals surface area (Å²) in [6.07, 6.45) is -3.69. The first-order chi connectivity index (χ1) is 8.89. The summed E-state index contributed by atoms with van der Waals surface area (Å²) in [7, 11) is 0. The first-order valence-electron chi connectivity index (χ1n) is 6.02. The van der Waals surface area contributed by atoms with Gasteiger partial charge in [0.15, 0.2) is 0 Å². The highest BCUT2D eigenvalue weighted by atomic mass is 35.5. The average Bonchev–Trinajstić information content (AvgIpc) is 2.38. The van der Waals surface area contributed by atoms with Crippen LogP contribution in [0, 0.1) is 5.92 Å². The minimum Gasteiger partial charge on any atom is -0.388 e. The third kappa shape index (κ3) is 3.38. The predicted molar refractivity (Wildman–Crippen MR) is 64.8 cm³/mol. The molecule has 0 aliphatic carbocycles. The molecule has 3 nitrogen and oxygen atoms in total. The molecule has 0 saturated carbocycles. The number of aromatic nitrogens is 1. The molecule has 2 atom stereocenters. The summed E-state index contributed by atoms with van der Waals surface area (Å²) in [4.78, 5) is 3.32. The molecule has 0 aromatic carbocycles. The number of rotatable bonds is 2. The van der Waals surface area contributed by atoms with E-state index < -0.39 is 18.0 Å². The van der Waals surface area contributed by atoms with E-state index in [1.165, 1.54) is 6.07 Å². The molecule has 1 saturated heterocycles. The van der Waals surface area contributed by atoms with Gasteiger partial charge in [-0.3, -0.25) is 0 Å². The zero-order chi connectivity index (χ0) is 14.0. The van der Waals surface area contributed by atoms with Crippen LogP contribution in [-0.4, -0.2) is 23.2 Å². The average molecular weight is 295 g/mol. The Bertz CT molecular complexity index is 447. The Hall–Kier alpha value is -0.850. The van der Waals surface area contributed by atoms with E-state index >= 15 is 0 Å². The van der Waals surface area contributed by atoms with Gasteiger partial charge in [-0.15, -0.1) is 0 Å². The minimum absolute atomic E-state index is 0.0511. The van der Waals surface area contributed by atoms with Crippen LogP contribution in [0.5, 0.6) is 0 Å². The first kappa shape index (κ1) is 14.6. The Labute approximate surface area is 113 Å². The van der Waals surface area contributed by atoms with Gasteiger partial charge in [-0.1, -0.05) is 17.7 Å². The quantitative estimate of drug-likeness (QED) is 0.825. The highest BCUT2D eigenvalue weighted by Gasteiger charge is 2.34. The molecule has 1 fully saturated rings. The molecule has 1 aliphatic rings. The largest absolute Gasteiger partial charge is 0.433 e. The van der Waals surface area contributed by atoms with Crippen molar-refractivity contribution in [1.29, 1.82) is 0 Å². The van der Waals surface area contributed by atoms with Crippen LogP contribution >= 0.6 is 11.6 Å². The number of aliphatic hydroxyl groups is 1. The lowest BCUT2D eigenvalue weighted by Crippen LogP contribution is -2.33. The SMILES string of the molecule is OC(c1ccc(C(F)(F)F)nc1Cl)C1CCCNC1. The first-order valence-corrected chi connectivity index (χ1v) is 6.40. The third-order valence-corrected chi connectivity index (χ3v) is 3.57. The Kier molecular flexibility index (Phi) is 4.32. The normalized spacial score (nSPS) is 22.3. The van der Waals surface area contributed by atoms with E-state index in [2.05, 4.69) is 10.3 Å². The van der Waals surface area contributed by atoms with Gasteiger partial charge in [-0.25, -0.2) is 4.98 Å². The van der Waals surface area contributed by atoms with Crippen LogP contribution in [0.25, 0.3) is 0 Å². The lowest BCUT2D eigenvalue weighted by molar-refractivity contribution is -0.141. The second-order valence-electron chi connectivity index (χ2n) is 4.63. The molecule has 1 aliphatic heterocycles. The van der Waals surface area contributed by atoms with Gasteiger partial charge in [0.2, 0.25) is 0 Å². The molecular formula is C12H14ClF3N2O. The highest BCUT2D eigenvalue weighted by Crippen LogP contribution is 2.34. The van der Waals surface area contributed by atoms with Gasteiger partial charge in [0, 0.05) is 18.0 Å². The summed E-state index contributed by atoms with van der Waals surface area (Å²) in [6, 6.07) is 2.05. The van der Waals surface area contributed by atoms with Crippen molar-refractivity contribution in [1.82, 2.24) is 10.3 Å². The molecule has 0 amide bonds. The predicted octanol–water partition coefficient (Wildman–Crippen LogP) is 2.79. The fourth-order valence-electron chi connectivity index (χ4n) is 2.23. The summed E-state index contributed by atoms with van der Waals surface area (Å²) in [5.41, 5.74) is -0.793. The van der Waals surface area contributed by atoms with Crippen LogP contribution in [-0.2, 0) is 6.18 Å². The summed E-state index contributed by atoms with van der Waals surface area (Å²) in [5, 5.41) is 13.0. The maximum absolute atomic E-state index is 12.5. The monoisotopic (exact) mass is 294 g/mol. The van der Waals surface area contributed by atoms with E-state index in [-0.39, 0.29) is 16.6 Å². The number of hydrogen-bond acceptors (Lipinski definition) is 3. The van der Waals surface area contributed by atoms with E-state index in [4.69, 9.17) is 11.6 Å². The van der Waals surface area contributed by atoms with Crippen molar-refractivity contribution in [2.24, 2.45) is 5.92 Å². The van der Waals surface area contributed by atoms with E-state index in [1.54, 1.807) is 0 Å². The number of aliphatic hydroxyl groups excluding tert-OH is 1. The van der Waals surface area contributed by atoms with Crippen LogP contribution in [0.15, 0.2) is 12.1 Å². The summed E-state index contributed by atoms with van der Waals surface area (Å²) < 4.78 is 37.4. The summed E-state index contributed by atoms with van der Waals surface area (Å²) in [5.74, 6) is -0.0511. The lowest BCUT2D eigenvalue weighted by atomic mass is 9.90. The molecule has 2 heterocycles. The van der Waals surface area contributed by atoms with Crippen molar-refractivity contribution >= 4 is 11.6 Å². The number of nitrogens with one attached hydrogen (secondary N) is 1. The maximum atomic E-state index is 12.5. The van der Waals surface area contributed by atoms with E-state index in [1.807, 2.05) is 0 Å². The number of hydrogen-bond donors (Lipinski definition) is 2. The van der Waals surface area contributed by atoms with Gasteiger partial charge in [-0.2, -0.15) is 13.2 Å². The second-order valence-corrected chi connectivity index (χ2v) is 4.98. The van der Waals surface area contributed by atoms with Crippen LogP contribution in [0.3, 0.4) is 0 Å². The number of halogens is 4. The fourth-order valence-corrected chi connectivity index (χ4v) is 2.49. The molecule has 7 heteroatoms. The topological polar surface area (TPSA) is 45.2 Å². The maximum Gasteiger partial charge on any atom is 0.433 e. The Morgan fingerprint density at radius 1 is 1.42 bits per heavy atom. The van der Waals surface area contributed by atoms with Crippen molar-refractivity contribution in [3.63, 3.8) is 0 Å². The number of nitrogens with zero attached hydrogens (tertiary/aromatic N) is 1. The Morgan fingerprint density at radius 2 is 2.16 bits per heavy atom. The molecule has 1 aromatic rings. The van der Waals surface area contributed by atoms with E-state index in [0.717, 1.165) is 25.5 Å². The zero-order valence-corrected chi connectivity index (χ0v) is 10.8. The van der Waals surface area contributed by atoms with Gasteiger partial charge in [0.1, 0.15) is 10.8 Å². The second kappa shape index (κ2) is 5.64. The summed E-state index contributed by atoms with van der Waals surface area (Å²) >= 11 is 5.76. The fraction of sp³-hybridized carbons (Fsp3) is 0.583. The van der Waals surface area contributed by atoms with E-state index in [9.17, 15) is 18.3 Å². The van der Waals surface area contributed by atoms with Crippen molar-refractivity contribution in [2.45, 2.75) is 25.1 Å². The van der Waals surface area contributed by atoms with Gasteiger partial charge >= 0.3 is 6.18 Å². The third-order valence-electron chi connectivity index (χ3n) is 3.27. The smallest absolute Gasteiger partial charge is 0.388 e. The molecular weight excluding hydrogens is 281 g/mol. The van der Waals surface area contributed by atoms with Gasteiger partial charge < -0.3 is 10.4 Å². The Balaban J connectivity index is 2.20. The molecule has 1 aromatic heterocycles. The van der Waals surface area contributed by atoms with Crippen LogP contribution in [0.4, 0.5) is 13.2 Å². The van der Waals surface area contributed by atoms with Crippen LogP contribution in [0.1, 0.15) is 30.2 Å². The highest BCUT2D eigenvalue weighted by molar-refractivity contribution is 6.30. The molecule has 0 spiro atoms. The molecule has 106 valence electrons. The Morgan fingerprint density at radius 3 is 2.68 bits per heavy atom.